The van der Waals surface area contributed by atoms with Crippen LogP contribution in [0.4, 0.5) is 0 Å². The highest BCUT2D eigenvalue weighted by molar-refractivity contribution is 14.0. The van der Waals surface area contributed by atoms with E-state index >= 15 is 0 Å². The highest BCUT2D eigenvalue weighted by Crippen LogP contribution is 2.10. The van der Waals surface area contributed by atoms with E-state index in [1.807, 2.05) is 13.8 Å². The molecule has 1 aromatic rings. The second-order valence-electron chi connectivity index (χ2n) is 4.75. The molecule has 1 aromatic carbocycles. The average Bonchev–Trinajstić information content (AvgIpc) is 2.20. The number of benzene rings is 1. The quantitative estimate of drug-likeness (QED) is 0.492. The molecular weight excluding hydrogens is 337 g/mol. The molecule has 3 N–H and O–H groups in total. The van der Waals surface area contributed by atoms with Gasteiger partial charge in [-0.2, -0.15) is 0 Å². The minimum Gasteiger partial charge on any atom is -0.370 e. The van der Waals surface area contributed by atoms with Gasteiger partial charge in [-0.3, -0.25) is 4.99 Å². The zero-order chi connectivity index (χ0) is 12.8. The lowest BCUT2D eigenvalue weighted by Crippen LogP contribution is -2.36. The number of nitrogens with zero attached hydrogens (tertiary/aromatic N) is 1. The van der Waals surface area contributed by atoms with Gasteiger partial charge in [-0.1, -0.05) is 23.8 Å². The summed E-state index contributed by atoms with van der Waals surface area (Å²) in [7, 11) is 0. The molecule has 0 amide bonds. The van der Waals surface area contributed by atoms with Crippen molar-refractivity contribution in [3.05, 3.63) is 34.9 Å². The standard InChI is InChI=1S/C14H23N3.HI/c1-10(2)17-14(15)16-8-7-13-6-5-11(3)9-12(13)4;/h5-6,9-10H,7-8H2,1-4H3,(H3,15,16,17);1H. The largest absolute Gasteiger partial charge is 0.370 e. The molecule has 0 spiro atoms. The van der Waals surface area contributed by atoms with Crippen LogP contribution in [-0.4, -0.2) is 18.5 Å². The summed E-state index contributed by atoms with van der Waals surface area (Å²) in [6.07, 6.45) is 0.937. The number of rotatable bonds is 4. The number of nitrogens with two attached hydrogens (primary N) is 1. The Hall–Kier alpha value is -0.780. The molecule has 0 unspecified atom stereocenters. The Kier molecular flexibility index (Phi) is 7.98. The lowest BCUT2D eigenvalue weighted by molar-refractivity contribution is 0.723. The maximum Gasteiger partial charge on any atom is 0.188 e. The van der Waals surface area contributed by atoms with Crippen molar-refractivity contribution >= 4 is 29.9 Å². The van der Waals surface area contributed by atoms with Crippen LogP contribution in [0.3, 0.4) is 0 Å². The first-order valence-electron chi connectivity index (χ1n) is 6.11. The number of hydrogen-bond donors (Lipinski definition) is 2. The average molecular weight is 361 g/mol. The molecule has 0 aliphatic heterocycles. The normalized spacial score (nSPS) is 11.3. The first-order chi connectivity index (χ1) is 7.99. The third kappa shape index (κ3) is 6.23. The maximum absolute atomic E-state index is 5.74. The van der Waals surface area contributed by atoms with E-state index in [0.717, 1.165) is 13.0 Å². The summed E-state index contributed by atoms with van der Waals surface area (Å²) in [5.41, 5.74) is 9.71. The topological polar surface area (TPSA) is 50.4 Å². The fourth-order valence-corrected chi connectivity index (χ4v) is 1.76. The van der Waals surface area contributed by atoms with Crippen LogP contribution in [0.5, 0.6) is 0 Å². The predicted molar refractivity (Wildman–Crippen MR) is 89.8 cm³/mol. The fourth-order valence-electron chi connectivity index (χ4n) is 1.76. The monoisotopic (exact) mass is 361 g/mol. The first-order valence-corrected chi connectivity index (χ1v) is 6.11. The molecule has 0 aliphatic rings. The van der Waals surface area contributed by atoms with E-state index in [-0.39, 0.29) is 24.0 Å². The molecule has 1 rings (SSSR count). The smallest absolute Gasteiger partial charge is 0.188 e. The maximum atomic E-state index is 5.74. The van der Waals surface area contributed by atoms with Crippen LogP contribution in [0.1, 0.15) is 30.5 Å². The number of aliphatic imine (C=N–C) groups is 1. The van der Waals surface area contributed by atoms with Crippen LogP contribution in [0.2, 0.25) is 0 Å². The van der Waals surface area contributed by atoms with Crippen molar-refractivity contribution < 1.29 is 0 Å². The predicted octanol–water partition coefficient (Wildman–Crippen LogP) is 2.78. The molecule has 0 radical (unpaired) electrons. The SMILES string of the molecule is Cc1ccc(CCN=C(N)NC(C)C)c(C)c1.I. The summed E-state index contributed by atoms with van der Waals surface area (Å²) in [4.78, 5) is 4.31. The molecule has 0 fully saturated rings. The lowest BCUT2D eigenvalue weighted by atomic mass is 10.0. The molecule has 4 heteroatoms. The second kappa shape index (κ2) is 8.34. The van der Waals surface area contributed by atoms with Crippen LogP contribution in [0.15, 0.2) is 23.2 Å². The highest BCUT2D eigenvalue weighted by Gasteiger charge is 1.99. The number of hydrogen-bond acceptors (Lipinski definition) is 1. The Morgan fingerprint density at radius 1 is 1.33 bits per heavy atom. The van der Waals surface area contributed by atoms with Crippen LogP contribution in [0.25, 0.3) is 0 Å². The van der Waals surface area contributed by atoms with Crippen molar-refractivity contribution in [1.82, 2.24) is 5.32 Å². The zero-order valence-corrected chi connectivity index (χ0v) is 14.0. The van der Waals surface area contributed by atoms with Crippen molar-refractivity contribution in [2.24, 2.45) is 10.7 Å². The molecular formula is C14H24IN3. The van der Waals surface area contributed by atoms with Crippen LogP contribution >= 0.6 is 24.0 Å². The van der Waals surface area contributed by atoms with E-state index < -0.39 is 0 Å². The molecule has 0 atom stereocenters. The number of nitrogens with one attached hydrogen (secondary N) is 1. The van der Waals surface area contributed by atoms with E-state index in [2.05, 4.69) is 42.4 Å². The van der Waals surface area contributed by atoms with E-state index in [4.69, 9.17) is 5.73 Å². The Bertz CT molecular complexity index is 400. The van der Waals surface area contributed by atoms with Gasteiger partial charge in [0.25, 0.3) is 0 Å². The highest BCUT2D eigenvalue weighted by atomic mass is 127. The third-order valence-corrected chi connectivity index (χ3v) is 2.60. The van der Waals surface area contributed by atoms with Gasteiger partial charge in [0.2, 0.25) is 0 Å². The lowest BCUT2D eigenvalue weighted by Gasteiger charge is -2.09. The van der Waals surface area contributed by atoms with Gasteiger partial charge in [0.15, 0.2) is 5.96 Å². The number of aryl methyl sites for hydroxylation is 2. The van der Waals surface area contributed by atoms with Gasteiger partial charge in [0.1, 0.15) is 0 Å². The Balaban J connectivity index is 0.00000289. The van der Waals surface area contributed by atoms with Crippen molar-refractivity contribution in [2.75, 3.05) is 6.54 Å². The molecule has 0 saturated heterocycles. The molecule has 3 nitrogen and oxygen atoms in total. The molecule has 0 bridgehead atoms. The van der Waals surface area contributed by atoms with E-state index in [9.17, 15) is 0 Å². The third-order valence-electron chi connectivity index (χ3n) is 2.60. The summed E-state index contributed by atoms with van der Waals surface area (Å²) in [6, 6.07) is 6.85. The molecule has 0 aromatic heterocycles. The van der Waals surface area contributed by atoms with Gasteiger partial charge in [-0.25, -0.2) is 0 Å². The van der Waals surface area contributed by atoms with Gasteiger partial charge >= 0.3 is 0 Å². The summed E-state index contributed by atoms with van der Waals surface area (Å²) >= 11 is 0. The van der Waals surface area contributed by atoms with Crippen LogP contribution < -0.4 is 11.1 Å². The number of halogens is 1. The van der Waals surface area contributed by atoms with E-state index in [1.54, 1.807) is 0 Å². The van der Waals surface area contributed by atoms with Crippen molar-refractivity contribution in [1.29, 1.82) is 0 Å². The first kappa shape index (κ1) is 17.2. The zero-order valence-electron chi connectivity index (χ0n) is 11.7. The van der Waals surface area contributed by atoms with Gasteiger partial charge < -0.3 is 11.1 Å². The molecule has 0 saturated carbocycles. The van der Waals surface area contributed by atoms with Crippen molar-refractivity contribution in [2.45, 2.75) is 40.2 Å². The summed E-state index contributed by atoms with van der Waals surface area (Å²) in [5, 5.41) is 3.08. The Morgan fingerprint density at radius 3 is 2.56 bits per heavy atom. The van der Waals surface area contributed by atoms with Crippen LogP contribution in [-0.2, 0) is 6.42 Å². The van der Waals surface area contributed by atoms with Crippen molar-refractivity contribution in [3.8, 4) is 0 Å². The van der Waals surface area contributed by atoms with E-state index in [1.165, 1.54) is 16.7 Å². The minimum atomic E-state index is 0. The molecule has 18 heavy (non-hydrogen) atoms. The molecule has 0 aliphatic carbocycles. The Morgan fingerprint density at radius 2 is 2.00 bits per heavy atom. The summed E-state index contributed by atoms with van der Waals surface area (Å²) in [6.45, 7) is 9.08. The van der Waals surface area contributed by atoms with Crippen LogP contribution in [0, 0.1) is 13.8 Å². The van der Waals surface area contributed by atoms with Gasteiger partial charge in [0.05, 0.1) is 0 Å². The van der Waals surface area contributed by atoms with Gasteiger partial charge in [0, 0.05) is 12.6 Å². The van der Waals surface area contributed by atoms with Gasteiger partial charge in [-0.15, -0.1) is 24.0 Å². The number of guanidine groups is 1. The minimum absolute atomic E-state index is 0. The molecule has 102 valence electrons. The second-order valence-corrected chi connectivity index (χ2v) is 4.75. The summed E-state index contributed by atoms with van der Waals surface area (Å²) < 4.78 is 0. The van der Waals surface area contributed by atoms with E-state index in [0.29, 0.717) is 12.0 Å². The van der Waals surface area contributed by atoms with Gasteiger partial charge in [-0.05, 0) is 45.2 Å². The Labute approximate surface area is 127 Å². The van der Waals surface area contributed by atoms with Crippen molar-refractivity contribution in [3.63, 3.8) is 0 Å². The fraction of sp³-hybridized carbons (Fsp3) is 0.500. The molecule has 0 heterocycles. The summed E-state index contributed by atoms with van der Waals surface area (Å²) in [5.74, 6) is 0.532.